The summed E-state index contributed by atoms with van der Waals surface area (Å²) in [7, 11) is 1.61. The maximum atomic E-state index is 13.1. The molecule has 5 heterocycles. The number of aliphatic hydroxyl groups is 1. The van der Waals surface area contributed by atoms with Crippen LogP contribution in [0.25, 0.3) is 11.0 Å². The van der Waals surface area contributed by atoms with E-state index in [0.29, 0.717) is 34.8 Å². The number of β-amino-alcohol motifs (C(OH)–C–C–N with tert-alkyl or cyclic N) is 1. The number of hydrogen-bond acceptors (Lipinski definition) is 5. The van der Waals surface area contributed by atoms with Gasteiger partial charge in [0.05, 0.1) is 29.4 Å². The lowest BCUT2D eigenvalue weighted by atomic mass is 9.99. The zero-order chi connectivity index (χ0) is 24.3. The summed E-state index contributed by atoms with van der Waals surface area (Å²) in [5, 5.41) is 16.9. The van der Waals surface area contributed by atoms with Gasteiger partial charge in [-0.25, -0.2) is 4.52 Å². The van der Waals surface area contributed by atoms with Gasteiger partial charge in [-0.15, -0.1) is 0 Å². The third-order valence-corrected chi connectivity index (χ3v) is 6.83. The van der Waals surface area contributed by atoms with E-state index in [4.69, 9.17) is 4.74 Å². The Bertz CT molecular complexity index is 1470. The van der Waals surface area contributed by atoms with Crippen LogP contribution in [0.15, 0.2) is 36.8 Å². The first-order valence-electron chi connectivity index (χ1n) is 11.2. The van der Waals surface area contributed by atoms with Crippen molar-refractivity contribution in [2.75, 3.05) is 13.6 Å². The summed E-state index contributed by atoms with van der Waals surface area (Å²) in [5.74, 6) is 0.946. The highest BCUT2D eigenvalue weighted by atomic mass is 16.5. The van der Waals surface area contributed by atoms with E-state index < -0.39 is 6.10 Å². The summed E-state index contributed by atoms with van der Waals surface area (Å²) in [5.41, 5.74) is 5.24. The summed E-state index contributed by atoms with van der Waals surface area (Å²) in [6, 6.07) is 5.36. The number of hydrogen-bond donors (Lipinski definition) is 2. The van der Waals surface area contributed by atoms with Crippen molar-refractivity contribution >= 4 is 22.8 Å². The molecule has 4 aromatic rings. The lowest BCUT2D eigenvalue weighted by Gasteiger charge is -2.43. The molecule has 0 aliphatic carbocycles. The van der Waals surface area contributed by atoms with Gasteiger partial charge in [0.15, 0.2) is 5.75 Å². The van der Waals surface area contributed by atoms with E-state index in [1.54, 1.807) is 34.9 Å². The normalized spacial score (nSPS) is 17.8. The summed E-state index contributed by atoms with van der Waals surface area (Å²) < 4.78 is 9.85. The fourth-order valence-electron chi connectivity index (χ4n) is 4.66. The summed E-state index contributed by atoms with van der Waals surface area (Å²) in [6.45, 7) is 7.90. The van der Waals surface area contributed by atoms with Crippen LogP contribution in [0.5, 0.6) is 11.5 Å². The molecule has 2 atom stereocenters. The molecule has 0 spiro atoms. The molecule has 2 amide bonds. The number of carbonyl (C=O) groups excluding carboxylic acids is 2. The fraction of sp³-hybridized carbons (Fsp3) is 0.320. The maximum Gasteiger partial charge on any atom is 0.268 e. The largest absolute Gasteiger partial charge is 0.455 e. The lowest BCUT2D eigenvalue weighted by molar-refractivity contribution is -0.0357. The zero-order valence-electron chi connectivity index (χ0n) is 19.8. The SMILES string of the molecule is CNC(=O)c1c(C)cc2c(C)c(Oc3ccnn4cc(C(=O)N5C[C@@H](O)[C@H]5C)c(C)c34)ccn12. The van der Waals surface area contributed by atoms with Gasteiger partial charge in [-0.3, -0.25) is 9.59 Å². The van der Waals surface area contributed by atoms with E-state index in [-0.39, 0.29) is 17.9 Å². The van der Waals surface area contributed by atoms with Crippen molar-refractivity contribution < 1.29 is 19.4 Å². The average Bonchev–Trinajstić information content (AvgIpc) is 3.35. The van der Waals surface area contributed by atoms with E-state index >= 15 is 0 Å². The van der Waals surface area contributed by atoms with Crippen molar-refractivity contribution in [1.82, 2.24) is 24.2 Å². The van der Waals surface area contributed by atoms with Gasteiger partial charge in [-0.2, -0.15) is 5.10 Å². The van der Waals surface area contributed by atoms with Crippen LogP contribution in [0.4, 0.5) is 0 Å². The average molecular weight is 462 g/mol. The third kappa shape index (κ3) is 3.15. The Morgan fingerprint density at radius 1 is 1.18 bits per heavy atom. The van der Waals surface area contributed by atoms with E-state index in [0.717, 1.165) is 22.2 Å². The van der Waals surface area contributed by atoms with Crippen molar-refractivity contribution in [1.29, 1.82) is 0 Å². The minimum absolute atomic E-state index is 0.130. The number of carbonyl (C=O) groups is 2. The monoisotopic (exact) mass is 461 g/mol. The number of pyridine rings is 1. The van der Waals surface area contributed by atoms with Crippen LogP contribution < -0.4 is 10.1 Å². The smallest absolute Gasteiger partial charge is 0.268 e. The highest BCUT2D eigenvalue weighted by Gasteiger charge is 2.38. The molecule has 0 radical (unpaired) electrons. The van der Waals surface area contributed by atoms with Crippen molar-refractivity contribution in [2.24, 2.45) is 0 Å². The fourth-order valence-corrected chi connectivity index (χ4v) is 4.66. The highest BCUT2D eigenvalue weighted by Crippen LogP contribution is 2.35. The Morgan fingerprint density at radius 2 is 1.94 bits per heavy atom. The lowest BCUT2D eigenvalue weighted by Crippen LogP contribution is -2.60. The minimum atomic E-state index is -0.488. The Hall–Kier alpha value is -3.85. The summed E-state index contributed by atoms with van der Waals surface area (Å²) in [4.78, 5) is 27.0. The number of aliphatic hydroxyl groups excluding tert-OH is 1. The highest BCUT2D eigenvalue weighted by molar-refractivity contribution is 5.99. The zero-order valence-corrected chi connectivity index (χ0v) is 19.8. The molecule has 1 aliphatic heterocycles. The second kappa shape index (κ2) is 7.88. The second-order valence-corrected chi connectivity index (χ2v) is 8.84. The molecule has 34 heavy (non-hydrogen) atoms. The first-order chi connectivity index (χ1) is 16.2. The van der Waals surface area contributed by atoms with Crippen molar-refractivity contribution in [3.63, 3.8) is 0 Å². The molecular formula is C25H27N5O4. The van der Waals surface area contributed by atoms with Gasteiger partial charge in [0, 0.05) is 37.6 Å². The van der Waals surface area contributed by atoms with Gasteiger partial charge in [-0.05, 0) is 51.0 Å². The molecule has 9 heteroatoms. The van der Waals surface area contributed by atoms with E-state index in [1.165, 1.54) is 0 Å². The molecule has 0 bridgehead atoms. The van der Waals surface area contributed by atoms with Gasteiger partial charge >= 0.3 is 0 Å². The van der Waals surface area contributed by atoms with Gasteiger partial charge < -0.3 is 24.5 Å². The number of nitrogens with one attached hydrogen (secondary N) is 1. The molecule has 1 fully saturated rings. The van der Waals surface area contributed by atoms with Crippen LogP contribution in [0, 0.1) is 20.8 Å². The van der Waals surface area contributed by atoms with Crippen molar-refractivity contribution in [3.8, 4) is 11.5 Å². The Morgan fingerprint density at radius 3 is 2.62 bits per heavy atom. The summed E-state index contributed by atoms with van der Waals surface area (Å²) in [6.07, 6.45) is 4.67. The molecule has 5 rings (SSSR count). The predicted molar refractivity (Wildman–Crippen MR) is 127 cm³/mol. The first-order valence-corrected chi connectivity index (χ1v) is 11.2. The van der Waals surface area contributed by atoms with Crippen LogP contribution in [0.3, 0.4) is 0 Å². The number of aromatic nitrogens is 3. The number of ether oxygens (including phenoxy) is 1. The number of nitrogens with zero attached hydrogens (tertiary/aromatic N) is 4. The van der Waals surface area contributed by atoms with Crippen molar-refractivity contribution in [3.05, 3.63) is 64.7 Å². The van der Waals surface area contributed by atoms with Gasteiger partial charge in [0.1, 0.15) is 17.0 Å². The van der Waals surface area contributed by atoms with Crippen LogP contribution >= 0.6 is 0 Å². The molecule has 9 nitrogen and oxygen atoms in total. The van der Waals surface area contributed by atoms with Gasteiger partial charge in [-0.1, -0.05) is 0 Å². The quantitative estimate of drug-likeness (QED) is 0.487. The molecule has 0 saturated carbocycles. The molecule has 1 aliphatic rings. The van der Waals surface area contributed by atoms with Crippen LogP contribution in [-0.2, 0) is 0 Å². The molecule has 4 aromatic heterocycles. The number of amides is 2. The van der Waals surface area contributed by atoms with Crippen LogP contribution in [-0.4, -0.2) is 61.6 Å². The molecule has 2 N–H and O–H groups in total. The topological polar surface area (TPSA) is 101 Å². The third-order valence-electron chi connectivity index (χ3n) is 6.83. The molecular weight excluding hydrogens is 434 g/mol. The molecule has 176 valence electrons. The molecule has 1 saturated heterocycles. The van der Waals surface area contributed by atoms with Crippen LogP contribution in [0.1, 0.15) is 44.5 Å². The molecule has 0 aromatic carbocycles. The van der Waals surface area contributed by atoms with E-state index in [2.05, 4.69) is 10.4 Å². The Labute approximate surface area is 196 Å². The molecule has 0 unspecified atom stereocenters. The standard InChI is InChI=1S/C25H27N5O4/c1-13-10-18-15(3)20(7-9-28(18)22(13)24(32)26-5)34-21-6-8-27-30-11-17(14(2)23(21)30)25(33)29-12-19(31)16(29)4/h6-11,16,19,31H,12H2,1-5H3,(H,26,32)/t16-,19-/m1/s1. The van der Waals surface area contributed by atoms with Crippen molar-refractivity contribution in [2.45, 2.75) is 39.8 Å². The van der Waals surface area contributed by atoms with E-state index in [9.17, 15) is 14.7 Å². The van der Waals surface area contributed by atoms with E-state index in [1.807, 2.05) is 50.4 Å². The summed E-state index contributed by atoms with van der Waals surface area (Å²) >= 11 is 0. The first kappa shape index (κ1) is 22.0. The minimum Gasteiger partial charge on any atom is -0.455 e. The number of aryl methyl sites for hydroxylation is 3. The number of fused-ring (bicyclic) bond motifs is 2. The number of rotatable bonds is 4. The Kier molecular flexibility index (Phi) is 5.09. The predicted octanol–water partition coefficient (Wildman–Crippen LogP) is 2.87. The Balaban J connectivity index is 1.54. The maximum absolute atomic E-state index is 13.1. The van der Waals surface area contributed by atoms with Crippen LogP contribution in [0.2, 0.25) is 0 Å². The second-order valence-electron chi connectivity index (χ2n) is 8.84. The van der Waals surface area contributed by atoms with Gasteiger partial charge in [0.2, 0.25) is 0 Å². The van der Waals surface area contributed by atoms with Gasteiger partial charge in [0.25, 0.3) is 11.8 Å². The number of likely N-dealkylation sites (tertiary alicyclic amines) is 1.